The van der Waals surface area contributed by atoms with Crippen molar-refractivity contribution in [3.8, 4) is 0 Å². The maximum atomic E-state index is 14.3. The van der Waals surface area contributed by atoms with Gasteiger partial charge >= 0.3 is 0 Å². The lowest BCUT2D eigenvalue weighted by molar-refractivity contribution is 0.103. The SMILES string of the molecule is Cc1cnc2ccc(C(=O)c3cc(CCCN[SH](=O)=O)cc(F)c3F)cc2n1. The number of fused-ring (bicyclic) bond motifs is 1. The summed E-state index contributed by atoms with van der Waals surface area (Å²) in [6.45, 7) is 1.93. The van der Waals surface area contributed by atoms with Gasteiger partial charge in [0.05, 0.1) is 22.3 Å². The number of rotatable bonds is 7. The summed E-state index contributed by atoms with van der Waals surface area (Å²) in [6.07, 6.45) is 2.27. The molecule has 0 spiro atoms. The van der Waals surface area contributed by atoms with E-state index in [1.165, 1.54) is 18.2 Å². The number of aryl methyl sites for hydroxylation is 2. The minimum Gasteiger partial charge on any atom is -0.288 e. The van der Waals surface area contributed by atoms with Crippen molar-refractivity contribution in [3.05, 3.63) is 70.5 Å². The molecule has 0 unspecified atom stereocenters. The Morgan fingerprint density at radius 1 is 1.14 bits per heavy atom. The van der Waals surface area contributed by atoms with E-state index in [0.717, 1.165) is 6.07 Å². The quantitative estimate of drug-likeness (QED) is 0.358. The van der Waals surface area contributed by atoms with Crippen LogP contribution in [0.1, 0.15) is 33.6 Å². The van der Waals surface area contributed by atoms with Gasteiger partial charge in [-0.25, -0.2) is 26.9 Å². The maximum Gasteiger partial charge on any atom is 0.201 e. The molecule has 9 heteroatoms. The number of halogens is 2. The number of nitrogens with one attached hydrogen (secondary N) is 1. The van der Waals surface area contributed by atoms with Crippen molar-refractivity contribution >= 4 is 27.7 Å². The molecule has 0 aliphatic carbocycles. The highest BCUT2D eigenvalue weighted by molar-refractivity contribution is 7.70. The number of carbonyl (C=O) groups is 1. The van der Waals surface area contributed by atoms with Gasteiger partial charge < -0.3 is 0 Å². The Labute approximate surface area is 161 Å². The summed E-state index contributed by atoms with van der Waals surface area (Å²) in [5.74, 6) is -3.01. The summed E-state index contributed by atoms with van der Waals surface area (Å²) in [6, 6.07) is 6.90. The highest BCUT2D eigenvalue weighted by atomic mass is 32.2. The van der Waals surface area contributed by atoms with Gasteiger partial charge in [0.25, 0.3) is 0 Å². The number of nitrogens with zero attached hydrogens (tertiary/aromatic N) is 2. The molecular formula is C19H17F2N3O3S. The molecule has 6 nitrogen and oxygen atoms in total. The number of hydrogen-bond acceptors (Lipinski definition) is 5. The van der Waals surface area contributed by atoms with Crippen molar-refractivity contribution in [3.63, 3.8) is 0 Å². The molecule has 0 saturated carbocycles. The second-order valence-corrected chi connectivity index (χ2v) is 7.08. The van der Waals surface area contributed by atoms with Crippen LogP contribution in [0.25, 0.3) is 11.0 Å². The molecule has 0 aliphatic heterocycles. The third-order valence-corrected chi connectivity index (χ3v) is 4.62. The van der Waals surface area contributed by atoms with Crippen LogP contribution in [0.15, 0.2) is 36.5 Å². The van der Waals surface area contributed by atoms with Gasteiger partial charge in [0.1, 0.15) is 0 Å². The van der Waals surface area contributed by atoms with E-state index in [2.05, 4.69) is 14.7 Å². The molecule has 0 amide bonds. The largest absolute Gasteiger partial charge is 0.288 e. The predicted octanol–water partition coefficient (Wildman–Crippen LogP) is 2.50. The first kappa shape index (κ1) is 20.0. The first-order valence-electron chi connectivity index (χ1n) is 8.49. The van der Waals surface area contributed by atoms with E-state index in [1.54, 1.807) is 19.2 Å². The molecule has 0 bridgehead atoms. The van der Waals surface area contributed by atoms with E-state index in [9.17, 15) is 22.0 Å². The van der Waals surface area contributed by atoms with Gasteiger partial charge in [-0.05, 0) is 55.7 Å². The molecule has 1 aromatic heterocycles. The van der Waals surface area contributed by atoms with E-state index < -0.39 is 28.3 Å². The Balaban J connectivity index is 1.90. The van der Waals surface area contributed by atoms with Gasteiger partial charge in [0.15, 0.2) is 17.4 Å². The minimum atomic E-state index is -2.71. The summed E-state index contributed by atoms with van der Waals surface area (Å²) in [5, 5.41) is 0. The smallest absolute Gasteiger partial charge is 0.201 e. The zero-order chi connectivity index (χ0) is 20.3. The van der Waals surface area contributed by atoms with Crippen molar-refractivity contribution < 1.29 is 22.0 Å². The minimum absolute atomic E-state index is 0.170. The molecule has 28 heavy (non-hydrogen) atoms. The zero-order valence-electron chi connectivity index (χ0n) is 14.9. The molecule has 0 radical (unpaired) electrons. The van der Waals surface area contributed by atoms with Crippen LogP contribution in [0, 0.1) is 18.6 Å². The van der Waals surface area contributed by atoms with Gasteiger partial charge in [-0.15, -0.1) is 0 Å². The molecule has 0 saturated heterocycles. The number of hydrogen-bond donors (Lipinski definition) is 2. The normalized spacial score (nSPS) is 11.3. The van der Waals surface area contributed by atoms with Gasteiger partial charge in [0.2, 0.25) is 10.9 Å². The van der Waals surface area contributed by atoms with Gasteiger partial charge in [-0.1, -0.05) is 0 Å². The summed E-state index contributed by atoms with van der Waals surface area (Å²) < 4.78 is 51.5. The Bertz CT molecular complexity index is 1120. The monoisotopic (exact) mass is 405 g/mol. The molecule has 1 heterocycles. The van der Waals surface area contributed by atoms with E-state index in [1.807, 2.05) is 0 Å². The van der Waals surface area contributed by atoms with Crippen LogP contribution in [0.5, 0.6) is 0 Å². The molecule has 3 rings (SSSR count). The Morgan fingerprint density at radius 3 is 2.68 bits per heavy atom. The molecular weight excluding hydrogens is 388 g/mol. The number of aromatic nitrogens is 2. The fourth-order valence-corrected chi connectivity index (χ4v) is 3.16. The molecule has 3 aromatic rings. The topological polar surface area (TPSA) is 89.0 Å². The average molecular weight is 405 g/mol. The summed E-state index contributed by atoms with van der Waals surface area (Å²) in [5.41, 5.74) is 1.95. The number of carbonyl (C=O) groups excluding carboxylic acids is 1. The van der Waals surface area contributed by atoms with Crippen LogP contribution >= 0.6 is 0 Å². The standard InChI is InChI=1S/C19H17F2N3O3S/c1-11-10-22-16-5-4-13(9-17(16)24-11)19(25)14-7-12(8-15(20)18(14)21)3-2-6-23-28(26)27/h4-5,7-10,28H,2-3,6H2,1H3,(H,23,26,27). The predicted molar refractivity (Wildman–Crippen MR) is 101 cm³/mol. The van der Waals surface area contributed by atoms with Gasteiger partial charge in [-0.2, -0.15) is 0 Å². The van der Waals surface area contributed by atoms with Gasteiger partial charge in [-0.3, -0.25) is 9.78 Å². The van der Waals surface area contributed by atoms with Crippen LogP contribution in [-0.4, -0.2) is 30.7 Å². The molecule has 2 aromatic carbocycles. The van der Waals surface area contributed by atoms with E-state index in [0.29, 0.717) is 28.7 Å². The Morgan fingerprint density at radius 2 is 1.93 bits per heavy atom. The molecule has 0 aliphatic rings. The lowest BCUT2D eigenvalue weighted by atomic mass is 9.98. The van der Waals surface area contributed by atoms with Crippen molar-refractivity contribution in [2.45, 2.75) is 19.8 Å². The van der Waals surface area contributed by atoms with Crippen molar-refractivity contribution in [1.82, 2.24) is 14.7 Å². The molecule has 146 valence electrons. The second kappa shape index (κ2) is 8.49. The highest BCUT2D eigenvalue weighted by Gasteiger charge is 2.19. The van der Waals surface area contributed by atoms with E-state index in [-0.39, 0.29) is 24.1 Å². The zero-order valence-corrected chi connectivity index (χ0v) is 15.8. The highest BCUT2D eigenvalue weighted by Crippen LogP contribution is 2.21. The van der Waals surface area contributed by atoms with E-state index in [4.69, 9.17) is 0 Å². The Kier molecular flexibility index (Phi) is 6.05. The van der Waals surface area contributed by atoms with Gasteiger partial charge in [0, 0.05) is 18.3 Å². The Hall–Kier alpha value is -2.78. The lowest BCUT2D eigenvalue weighted by Gasteiger charge is -2.08. The third kappa shape index (κ3) is 4.55. The van der Waals surface area contributed by atoms with Crippen molar-refractivity contribution in [2.75, 3.05) is 6.54 Å². The number of benzene rings is 2. The maximum absolute atomic E-state index is 14.3. The molecule has 0 atom stereocenters. The summed E-state index contributed by atoms with van der Waals surface area (Å²) in [7, 11) is -2.71. The van der Waals surface area contributed by atoms with Crippen LogP contribution in [0.2, 0.25) is 0 Å². The van der Waals surface area contributed by atoms with Crippen LogP contribution in [0.3, 0.4) is 0 Å². The van der Waals surface area contributed by atoms with Crippen molar-refractivity contribution in [1.29, 1.82) is 0 Å². The fraction of sp³-hybridized carbons (Fsp3) is 0.211. The molecule has 1 N–H and O–H groups in total. The first-order valence-corrected chi connectivity index (χ1v) is 9.67. The number of ketones is 1. The van der Waals surface area contributed by atoms with E-state index >= 15 is 0 Å². The molecule has 0 fully saturated rings. The lowest BCUT2D eigenvalue weighted by Crippen LogP contribution is -2.13. The van der Waals surface area contributed by atoms with Crippen LogP contribution in [-0.2, 0) is 17.3 Å². The van der Waals surface area contributed by atoms with Crippen molar-refractivity contribution in [2.24, 2.45) is 0 Å². The third-order valence-electron chi connectivity index (χ3n) is 4.14. The first-order chi connectivity index (χ1) is 13.3. The summed E-state index contributed by atoms with van der Waals surface area (Å²) in [4.78, 5) is 21.3. The number of thiol groups is 1. The average Bonchev–Trinajstić information content (AvgIpc) is 2.66. The summed E-state index contributed by atoms with van der Waals surface area (Å²) >= 11 is 0. The van der Waals surface area contributed by atoms with Crippen LogP contribution in [0.4, 0.5) is 8.78 Å². The fourth-order valence-electron chi connectivity index (χ4n) is 2.82. The second-order valence-electron chi connectivity index (χ2n) is 6.25. The van der Waals surface area contributed by atoms with Crippen LogP contribution < -0.4 is 4.72 Å².